The van der Waals surface area contributed by atoms with Crippen molar-refractivity contribution in [2.24, 2.45) is 5.73 Å². The van der Waals surface area contributed by atoms with Gasteiger partial charge in [0.05, 0.1) is 17.8 Å². The summed E-state index contributed by atoms with van der Waals surface area (Å²) in [5.41, 5.74) is 6.12. The molecule has 0 unspecified atom stereocenters. The normalized spacial score (nSPS) is 15.6. The van der Waals surface area contributed by atoms with Crippen LogP contribution in [0.1, 0.15) is 16.8 Å². The second-order valence-electron chi connectivity index (χ2n) is 5.89. The molecule has 0 bridgehead atoms. The van der Waals surface area contributed by atoms with Gasteiger partial charge in [-0.05, 0) is 18.6 Å². The molecule has 1 aliphatic heterocycles. The predicted octanol–water partition coefficient (Wildman–Crippen LogP) is 1.39. The average molecular weight is 359 g/mol. The quantitative estimate of drug-likeness (QED) is 0.842. The molecule has 2 amide bonds. The molecule has 0 spiro atoms. The number of nitrogens with one attached hydrogen (secondary N) is 1. The number of hydrogen-bond donors (Lipinski definition) is 2. The number of carbonyl (C=O) groups excluding carboxylic acids is 2. The smallest absolute Gasteiger partial charge is 0.250 e. The van der Waals surface area contributed by atoms with E-state index >= 15 is 0 Å². The van der Waals surface area contributed by atoms with Gasteiger partial charge in [0.2, 0.25) is 5.91 Å². The summed E-state index contributed by atoms with van der Waals surface area (Å²) in [6, 6.07) is 6.78. The van der Waals surface area contributed by atoms with Crippen molar-refractivity contribution in [3.63, 3.8) is 0 Å². The molecule has 25 heavy (non-hydrogen) atoms. The molecule has 3 N–H and O–H groups in total. The zero-order valence-corrected chi connectivity index (χ0v) is 14.7. The van der Waals surface area contributed by atoms with Crippen molar-refractivity contribution in [2.45, 2.75) is 6.42 Å². The summed E-state index contributed by atoms with van der Waals surface area (Å²) in [5.74, 6) is -0.693. The van der Waals surface area contributed by atoms with Gasteiger partial charge in [-0.15, -0.1) is 11.3 Å². The van der Waals surface area contributed by atoms with Crippen molar-refractivity contribution >= 4 is 34.0 Å². The van der Waals surface area contributed by atoms with Gasteiger partial charge in [0, 0.05) is 37.8 Å². The fourth-order valence-electron chi connectivity index (χ4n) is 2.89. The first-order valence-corrected chi connectivity index (χ1v) is 9.07. The van der Waals surface area contributed by atoms with Crippen molar-refractivity contribution in [3.8, 4) is 0 Å². The van der Waals surface area contributed by atoms with E-state index in [0.717, 1.165) is 37.7 Å². The van der Waals surface area contributed by atoms with Crippen LogP contribution in [0.15, 0.2) is 35.8 Å². The van der Waals surface area contributed by atoms with E-state index in [0.29, 0.717) is 17.8 Å². The van der Waals surface area contributed by atoms with Gasteiger partial charge in [0.25, 0.3) is 5.91 Å². The Hall–Kier alpha value is -2.45. The van der Waals surface area contributed by atoms with E-state index in [-0.39, 0.29) is 5.91 Å². The summed E-state index contributed by atoms with van der Waals surface area (Å²) >= 11 is 1.63. The van der Waals surface area contributed by atoms with Gasteiger partial charge in [-0.3, -0.25) is 14.5 Å². The topological polar surface area (TPSA) is 91.6 Å². The van der Waals surface area contributed by atoms with Crippen LogP contribution in [0.3, 0.4) is 0 Å². The lowest BCUT2D eigenvalue weighted by atomic mass is 10.1. The first-order valence-electron chi connectivity index (χ1n) is 8.19. The molecule has 1 aromatic heterocycles. The van der Waals surface area contributed by atoms with Gasteiger partial charge < -0.3 is 16.0 Å². The maximum atomic E-state index is 12.3. The Morgan fingerprint density at radius 3 is 2.80 bits per heavy atom. The Kier molecular flexibility index (Phi) is 5.62. The Morgan fingerprint density at radius 2 is 2.04 bits per heavy atom. The lowest BCUT2D eigenvalue weighted by Gasteiger charge is -2.21. The Balaban J connectivity index is 1.56. The second-order valence-corrected chi connectivity index (χ2v) is 6.76. The van der Waals surface area contributed by atoms with Crippen molar-refractivity contribution in [1.82, 2.24) is 9.88 Å². The van der Waals surface area contributed by atoms with Crippen LogP contribution < -0.4 is 16.0 Å². The largest absolute Gasteiger partial charge is 0.366 e. The highest BCUT2D eigenvalue weighted by atomic mass is 32.1. The Bertz CT molecular complexity index is 734. The third kappa shape index (κ3) is 4.55. The summed E-state index contributed by atoms with van der Waals surface area (Å²) in [4.78, 5) is 32.5. The van der Waals surface area contributed by atoms with E-state index in [2.05, 4.69) is 20.1 Å². The number of carbonyl (C=O) groups is 2. The molecule has 0 saturated carbocycles. The first-order chi connectivity index (χ1) is 12.1. The molecule has 1 aliphatic rings. The number of nitrogens with zero attached hydrogens (tertiary/aromatic N) is 3. The third-order valence-corrected chi connectivity index (χ3v) is 4.94. The van der Waals surface area contributed by atoms with E-state index in [1.54, 1.807) is 35.6 Å². The van der Waals surface area contributed by atoms with Gasteiger partial charge in [0.1, 0.15) is 0 Å². The molecule has 0 radical (unpaired) electrons. The second kappa shape index (κ2) is 8.09. The van der Waals surface area contributed by atoms with Crippen LogP contribution in [0, 0.1) is 0 Å². The van der Waals surface area contributed by atoms with Crippen LogP contribution in [-0.2, 0) is 4.79 Å². The highest BCUT2D eigenvalue weighted by molar-refractivity contribution is 7.13. The molecule has 1 aromatic carbocycles. The predicted molar refractivity (Wildman–Crippen MR) is 99.0 cm³/mol. The summed E-state index contributed by atoms with van der Waals surface area (Å²) in [6.07, 6.45) is 2.79. The number of rotatable bonds is 5. The van der Waals surface area contributed by atoms with Crippen molar-refractivity contribution in [2.75, 3.05) is 42.9 Å². The zero-order valence-electron chi connectivity index (χ0n) is 13.9. The molecule has 0 atom stereocenters. The molecule has 8 heteroatoms. The summed E-state index contributed by atoms with van der Waals surface area (Å²) in [5, 5.41) is 5.80. The number of primary amides is 1. The highest BCUT2D eigenvalue weighted by Gasteiger charge is 2.19. The number of benzene rings is 1. The van der Waals surface area contributed by atoms with Crippen LogP contribution in [0.5, 0.6) is 0 Å². The molecule has 1 saturated heterocycles. The number of anilines is 2. The minimum atomic E-state index is -0.551. The zero-order chi connectivity index (χ0) is 17.6. The molecule has 0 aliphatic carbocycles. The number of para-hydroxylation sites is 1. The molecular formula is C17H21N5O2S. The first kappa shape index (κ1) is 17.4. The fraction of sp³-hybridized carbons (Fsp3) is 0.353. The van der Waals surface area contributed by atoms with Gasteiger partial charge in [-0.1, -0.05) is 12.1 Å². The van der Waals surface area contributed by atoms with Gasteiger partial charge in [0.15, 0.2) is 5.13 Å². The van der Waals surface area contributed by atoms with Gasteiger partial charge in [-0.2, -0.15) is 0 Å². The molecule has 3 rings (SSSR count). The minimum absolute atomic E-state index is 0.142. The molecular weight excluding hydrogens is 338 g/mol. The van der Waals surface area contributed by atoms with E-state index in [1.165, 1.54) is 0 Å². The number of thiazole rings is 1. The van der Waals surface area contributed by atoms with Crippen LogP contribution in [0.25, 0.3) is 0 Å². The Morgan fingerprint density at radius 1 is 1.20 bits per heavy atom. The molecule has 2 aromatic rings. The number of hydrogen-bond acceptors (Lipinski definition) is 6. The monoisotopic (exact) mass is 359 g/mol. The SMILES string of the molecule is NC(=O)c1ccccc1NC(=O)CN1CCCN(c2nccs2)CC1. The highest BCUT2D eigenvalue weighted by Crippen LogP contribution is 2.19. The van der Waals surface area contributed by atoms with E-state index in [9.17, 15) is 9.59 Å². The summed E-state index contributed by atoms with van der Waals surface area (Å²) in [7, 11) is 0. The molecule has 2 heterocycles. The van der Waals surface area contributed by atoms with Crippen LogP contribution in [0.4, 0.5) is 10.8 Å². The van der Waals surface area contributed by atoms with Crippen LogP contribution in [-0.4, -0.2) is 54.4 Å². The molecule has 132 valence electrons. The lowest BCUT2D eigenvalue weighted by molar-refractivity contribution is -0.117. The standard InChI is InChI=1S/C17H21N5O2S/c18-16(24)13-4-1-2-5-14(13)20-15(23)12-21-7-3-8-22(10-9-21)17-19-6-11-25-17/h1-2,4-6,11H,3,7-10,12H2,(H2,18,24)(H,20,23). The van der Waals surface area contributed by atoms with Gasteiger partial charge >= 0.3 is 0 Å². The summed E-state index contributed by atoms with van der Waals surface area (Å²) < 4.78 is 0. The van der Waals surface area contributed by atoms with E-state index < -0.39 is 5.91 Å². The van der Waals surface area contributed by atoms with Crippen molar-refractivity contribution < 1.29 is 9.59 Å². The maximum absolute atomic E-state index is 12.3. The van der Waals surface area contributed by atoms with E-state index in [4.69, 9.17) is 5.73 Å². The number of aromatic nitrogens is 1. The van der Waals surface area contributed by atoms with E-state index in [1.807, 2.05) is 11.6 Å². The third-order valence-electron chi connectivity index (χ3n) is 4.11. The lowest BCUT2D eigenvalue weighted by Crippen LogP contribution is -2.36. The van der Waals surface area contributed by atoms with Crippen LogP contribution >= 0.6 is 11.3 Å². The molecule has 7 nitrogen and oxygen atoms in total. The van der Waals surface area contributed by atoms with Crippen molar-refractivity contribution in [3.05, 3.63) is 41.4 Å². The number of amides is 2. The minimum Gasteiger partial charge on any atom is -0.366 e. The number of nitrogens with two attached hydrogens (primary N) is 1. The maximum Gasteiger partial charge on any atom is 0.250 e. The molecule has 1 fully saturated rings. The Labute approximate surface area is 150 Å². The van der Waals surface area contributed by atoms with Crippen molar-refractivity contribution in [1.29, 1.82) is 0 Å². The van der Waals surface area contributed by atoms with Gasteiger partial charge in [-0.25, -0.2) is 4.98 Å². The summed E-state index contributed by atoms with van der Waals surface area (Å²) in [6.45, 7) is 3.73. The fourth-order valence-corrected chi connectivity index (χ4v) is 3.59. The van der Waals surface area contributed by atoms with Crippen LogP contribution in [0.2, 0.25) is 0 Å². The average Bonchev–Trinajstić information content (AvgIpc) is 3.03.